The van der Waals surface area contributed by atoms with Crippen LogP contribution in [0.5, 0.6) is 5.88 Å². The SMILES string of the molecule is O=c1ccccn1-c1ccc(N[C@H]2CC[C@H](Nc3ncc(OC(F)F)nn3)C2)nc1. The maximum Gasteiger partial charge on any atom is 0.388 e. The van der Waals surface area contributed by atoms with Crippen LogP contribution in [-0.2, 0) is 0 Å². The molecule has 1 fully saturated rings. The number of halogens is 2. The summed E-state index contributed by atoms with van der Waals surface area (Å²) in [4.78, 5) is 20.2. The van der Waals surface area contributed by atoms with E-state index in [1.54, 1.807) is 24.5 Å². The highest BCUT2D eigenvalue weighted by molar-refractivity contribution is 5.42. The first kappa shape index (κ1) is 19.7. The molecular weight excluding hydrogens is 396 g/mol. The van der Waals surface area contributed by atoms with Crippen molar-refractivity contribution >= 4 is 11.8 Å². The second-order valence-electron chi connectivity index (χ2n) is 6.80. The van der Waals surface area contributed by atoms with Crippen molar-refractivity contribution in [3.05, 3.63) is 59.3 Å². The summed E-state index contributed by atoms with van der Waals surface area (Å²) in [5.74, 6) is 0.659. The zero-order valence-electron chi connectivity index (χ0n) is 15.8. The number of anilines is 2. The molecule has 156 valence electrons. The zero-order valence-corrected chi connectivity index (χ0v) is 15.8. The molecule has 1 saturated carbocycles. The molecule has 2 N–H and O–H groups in total. The maximum atomic E-state index is 12.1. The molecule has 3 aromatic heterocycles. The highest BCUT2D eigenvalue weighted by Crippen LogP contribution is 2.24. The molecule has 0 aliphatic heterocycles. The lowest BCUT2D eigenvalue weighted by atomic mass is 10.2. The van der Waals surface area contributed by atoms with Gasteiger partial charge in [0.15, 0.2) is 0 Å². The summed E-state index contributed by atoms with van der Waals surface area (Å²) in [6, 6.07) is 8.98. The molecule has 11 heteroatoms. The number of rotatable bonds is 7. The molecule has 9 nitrogen and oxygen atoms in total. The number of hydrogen-bond acceptors (Lipinski definition) is 8. The topological polar surface area (TPSA) is 107 Å². The van der Waals surface area contributed by atoms with Gasteiger partial charge in [0.05, 0.1) is 18.1 Å². The van der Waals surface area contributed by atoms with Gasteiger partial charge in [0.25, 0.3) is 11.4 Å². The van der Waals surface area contributed by atoms with Crippen LogP contribution in [0.1, 0.15) is 19.3 Å². The fourth-order valence-corrected chi connectivity index (χ4v) is 3.37. The van der Waals surface area contributed by atoms with Crippen LogP contribution in [0.15, 0.2) is 53.7 Å². The minimum atomic E-state index is -2.96. The molecule has 0 radical (unpaired) electrons. The van der Waals surface area contributed by atoms with Crippen molar-refractivity contribution in [1.29, 1.82) is 0 Å². The van der Waals surface area contributed by atoms with Gasteiger partial charge < -0.3 is 15.4 Å². The molecule has 0 spiro atoms. The first-order valence-corrected chi connectivity index (χ1v) is 9.38. The molecule has 3 aromatic rings. The van der Waals surface area contributed by atoms with Gasteiger partial charge in [-0.25, -0.2) is 9.97 Å². The van der Waals surface area contributed by atoms with Crippen LogP contribution in [0, 0.1) is 0 Å². The first-order valence-electron chi connectivity index (χ1n) is 9.38. The van der Waals surface area contributed by atoms with Crippen LogP contribution >= 0.6 is 0 Å². The molecule has 0 saturated heterocycles. The number of nitrogens with one attached hydrogen (secondary N) is 2. The molecule has 4 rings (SSSR count). The van der Waals surface area contributed by atoms with E-state index in [-0.39, 0.29) is 29.5 Å². The average Bonchev–Trinajstić information content (AvgIpc) is 3.17. The molecule has 2 atom stereocenters. The van der Waals surface area contributed by atoms with Crippen LogP contribution in [0.2, 0.25) is 0 Å². The fraction of sp³-hybridized carbons (Fsp3) is 0.316. The quantitative estimate of drug-likeness (QED) is 0.606. The lowest BCUT2D eigenvalue weighted by Gasteiger charge is -2.15. The highest BCUT2D eigenvalue weighted by Gasteiger charge is 2.25. The second kappa shape index (κ2) is 8.80. The van der Waals surface area contributed by atoms with Gasteiger partial charge >= 0.3 is 6.61 Å². The van der Waals surface area contributed by atoms with Crippen molar-refractivity contribution < 1.29 is 13.5 Å². The van der Waals surface area contributed by atoms with Crippen molar-refractivity contribution in [2.75, 3.05) is 10.6 Å². The van der Waals surface area contributed by atoms with E-state index in [0.29, 0.717) is 5.69 Å². The van der Waals surface area contributed by atoms with E-state index in [1.165, 1.54) is 10.6 Å². The van der Waals surface area contributed by atoms with E-state index in [2.05, 4.69) is 35.5 Å². The van der Waals surface area contributed by atoms with Gasteiger partial charge in [-0.15, -0.1) is 10.2 Å². The van der Waals surface area contributed by atoms with E-state index < -0.39 is 6.61 Å². The van der Waals surface area contributed by atoms with E-state index in [9.17, 15) is 13.6 Å². The Hall–Kier alpha value is -3.63. The molecule has 0 unspecified atom stereocenters. The Bertz CT molecular complexity index is 1030. The second-order valence-corrected chi connectivity index (χ2v) is 6.80. The summed E-state index contributed by atoms with van der Waals surface area (Å²) in [7, 11) is 0. The van der Waals surface area contributed by atoms with E-state index in [0.717, 1.165) is 31.3 Å². The number of alkyl halides is 2. The van der Waals surface area contributed by atoms with Gasteiger partial charge in [0.2, 0.25) is 5.95 Å². The normalized spacial score (nSPS) is 18.4. The van der Waals surface area contributed by atoms with Crippen LogP contribution in [0.3, 0.4) is 0 Å². The fourth-order valence-electron chi connectivity index (χ4n) is 3.37. The monoisotopic (exact) mass is 415 g/mol. The Labute approximate surface area is 170 Å². The third-order valence-electron chi connectivity index (χ3n) is 4.72. The Morgan fingerprint density at radius 2 is 1.87 bits per heavy atom. The third kappa shape index (κ3) is 4.85. The third-order valence-corrected chi connectivity index (χ3v) is 4.72. The number of ether oxygens (including phenoxy) is 1. The summed E-state index contributed by atoms with van der Waals surface area (Å²) >= 11 is 0. The molecule has 0 aromatic carbocycles. The Balaban J connectivity index is 1.31. The molecule has 30 heavy (non-hydrogen) atoms. The van der Waals surface area contributed by atoms with Crippen molar-refractivity contribution in [3.63, 3.8) is 0 Å². The Morgan fingerprint density at radius 3 is 2.53 bits per heavy atom. The van der Waals surface area contributed by atoms with Crippen molar-refractivity contribution in [3.8, 4) is 11.6 Å². The van der Waals surface area contributed by atoms with Crippen molar-refractivity contribution in [2.24, 2.45) is 0 Å². The van der Waals surface area contributed by atoms with E-state index >= 15 is 0 Å². The van der Waals surface area contributed by atoms with Crippen LogP contribution in [0.25, 0.3) is 5.69 Å². The Morgan fingerprint density at radius 1 is 1.03 bits per heavy atom. The largest absolute Gasteiger partial charge is 0.414 e. The van der Waals surface area contributed by atoms with Crippen LogP contribution in [0.4, 0.5) is 20.5 Å². The summed E-state index contributed by atoms with van der Waals surface area (Å²) in [6.45, 7) is -2.96. The smallest absolute Gasteiger partial charge is 0.388 e. The minimum Gasteiger partial charge on any atom is -0.414 e. The molecular formula is C19H19F2N7O2. The lowest BCUT2D eigenvalue weighted by Crippen LogP contribution is -2.22. The van der Waals surface area contributed by atoms with Gasteiger partial charge in [0.1, 0.15) is 5.82 Å². The zero-order chi connectivity index (χ0) is 20.9. The lowest BCUT2D eigenvalue weighted by molar-refractivity contribution is -0.0536. The summed E-state index contributed by atoms with van der Waals surface area (Å²) in [5.41, 5.74) is 0.580. The number of nitrogens with zero attached hydrogens (tertiary/aromatic N) is 5. The predicted octanol–water partition coefficient (Wildman–Crippen LogP) is 2.46. The van der Waals surface area contributed by atoms with Gasteiger partial charge in [-0.2, -0.15) is 8.78 Å². The maximum absolute atomic E-state index is 12.1. The number of pyridine rings is 2. The van der Waals surface area contributed by atoms with Crippen molar-refractivity contribution in [1.82, 2.24) is 24.7 Å². The standard InChI is InChI=1S/C19H19F2N7O2/c20-18(21)30-16-11-23-19(27-26-16)25-13-5-4-12(9-13)24-15-7-6-14(10-22-15)28-8-2-1-3-17(28)29/h1-3,6-8,10-13,18H,4-5,9H2,(H,22,24)(H,23,25,27)/t12-,13-/m0/s1. The van der Waals surface area contributed by atoms with Crippen molar-refractivity contribution in [2.45, 2.75) is 38.0 Å². The minimum absolute atomic E-state index is 0.116. The number of hydrogen-bond donors (Lipinski definition) is 2. The molecule has 1 aliphatic carbocycles. The van der Waals surface area contributed by atoms with Crippen LogP contribution < -0.4 is 20.9 Å². The first-order chi connectivity index (χ1) is 14.6. The molecule has 0 amide bonds. The van der Waals surface area contributed by atoms with Gasteiger partial charge in [-0.05, 0) is 37.5 Å². The predicted molar refractivity (Wildman–Crippen MR) is 105 cm³/mol. The number of aromatic nitrogens is 5. The van der Waals surface area contributed by atoms with E-state index in [1.807, 2.05) is 12.1 Å². The molecule has 0 bridgehead atoms. The summed E-state index contributed by atoms with van der Waals surface area (Å²) in [6.07, 6.45) is 7.06. The molecule has 3 heterocycles. The van der Waals surface area contributed by atoms with E-state index in [4.69, 9.17) is 0 Å². The van der Waals surface area contributed by atoms with Gasteiger partial charge in [-0.3, -0.25) is 9.36 Å². The average molecular weight is 415 g/mol. The van der Waals surface area contributed by atoms with Gasteiger partial charge in [-0.1, -0.05) is 6.07 Å². The van der Waals surface area contributed by atoms with Crippen LogP contribution in [-0.4, -0.2) is 43.4 Å². The highest BCUT2D eigenvalue weighted by atomic mass is 19.3. The Kier molecular flexibility index (Phi) is 5.77. The summed E-state index contributed by atoms with van der Waals surface area (Å²) in [5, 5.41) is 13.8. The molecule has 1 aliphatic rings. The van der Waals surface area contributed by atoms with Gasteiger partial charge in [0, 0.05) is 24.3 Å². The summed E-state index contributed by atoms with van der Waals surface area (Å²) < 4.78 is 29.9.